The van der Waals surface area contributed by atoms with Crippen LogP contribution in [0.5, 0.6) is 0 Å². The van der Waals surface area contributed by atoms with Crippen molar-refractivity contribution in [2.45, 2.75) is 57.5 Å². The lowest BCUT2D eigenvalue weighted by Gasteiger charge is -2.45. The molecule has 0 spiro atoms. The first-order valence-corrected chi connectivity index (χ1v) is 15.1. The molecule has 1 amide bonds. The Morgan fingerprint density at radius 3 is 2.74 bits per heavy atom. The number of nitrogens with zero attached hydrogens (tertiary/aromatic N) is 6. The van der Waals surface area contributed by atoms with Crippen LogP contribution in [0.25, 0.3) is 5.69 Å². The van der Waals surface area contributed by atoms with Crippen LogP contribution in [0, 0.1) is 0 Å². The SMILES string of the molecule is CN1CCN(CCc2cn(-c3ccccc3CCC(=O)N3CCCC3c3cc(Cl)cc(Br)c3)nn2)CC1(C)C. The Morgan fingerprint density at radius 2 is 1.95 bits per heavy atom. The smallest absolute Gasteiger partial charge is 0.223 e. The predicted molar refractivity (Wildman–Crippen MR) is 159 cm³/mol. The number of rotatable bonds is 8. The van der Waals surface area contributed by atoms with Crippen LogP contribution in [0.1, 0.15) is 56.0 Å². The largest absolute Gasteiger partial charge is 0.336 e. The minimum Gasteiger partial charge on any atom is -0.336 e. The van der Waals surface area contributed by atoms with Crippen molar-refractivity contribution in [1.29, 1.82) is 0 Å². The topological polar surface area (TPSA) is 57.5 Å². The molecule has 7 nitrogen and oxygen atoms in total. The highest BCUT2D eigenvalue weighted by Gasteiger charge is 2.31. The quantitative estimate of drug-likeness (QED) is 0.334. The zero-order valence-corrected chi connectivity index (χ0v) is 25.5. The maximum atomic E-state index is 13.4. The molecule has 1 atom stereocenters. The third-order valence-electron chi connectivity index (χ3n) is 8.31. The molecule has 0 bridgehead atoms. The van der Waals surface area contributed by atoms with Gasteiger partial charge in [-0.1, -0.05) is 50.9 Å². The van der Waals surface area contributed by atoms with Gasteiger partial charge in [0.2, 0.25) is 5.91 Å². The number of benzene rings is 2. The van der Waals surface area contributed by atoms with Crippen LogP contribution < -0.4 is 0 Å². The molecule has 2 aliphatic rings. The maximum absolute atomic E-state index is 13.4. The van der Waals surface area contributed by atoms with E-state index in [1.54, 1.807) is 0 Å². The highest BCUT2D eigenvalue weighted by Crippen LogP contribution is 2.35. The van der Waals surface area contributed by atoms with Crippen molar-refractivity contribution in [3.8, 4) is 5.69 Å². The first-order valence-electron chi connectivity index (χ1n) is 13.9. The van der Waals surface area contributed by atoms with Crippen molar-refractivity contribution >= 4 is 33.4 Å². The summed E-state index contributed by atoms with van der Waals surface area (Å²) in [5.74, 6) is 0.179. The van der Waals surface area contributed by atoms with Gasteiger partial charge in [-0.05, 0) is 75.5 Å². The number of piperazine rings is 1. The van der Waals surface area contributed by atoms with E-state index in [1.807, 2.05) is 40.0 Å². The second kappa shape index (κ2) is 12.1. The maximum Gasteiger partial charge on any atom is 0.223 e. The van der Waals surface area contributed by atoms with Gasteiger partial charge in [-0.3, -0.25) is 14.6 Å². The van der Waals surface area contributed by atoms with Gasteiger partial charge >= 0.3 is 0 Å². The summed E-state index contributed by atoms with van der Waals surface area (Å²) in [5, 5.41) is 9.61. The fraction of sp³-hybridized carbons (Fsp3) is 0.500. The number of hydrogen-bond donors (Lipinski definition) is 0. The second-order valence-corrected chi connectivity index (χ2v) is 12.8. The Labute approximate surface area is 245 Å². The molecule has 1 unspecified atom stereocenters. The number of carbonyl (C=O) groups excluding carboxylic acids is 1. The highest BCUT2D eigenvalue weighted by atomic mass is 79.9. The van der Waals surface area contributed by atoms with Gasteiger partial charge in [0.1, 0.15) is 0 Å². The first-order chi connectivity index (χ1) is 18.7. The summed E-state index contributed by atoms with van der Waals surface area (Å²) < 4.78 is 2.81. The number of amides is 1. The number of aryl methyl sites for hydroxylation is 1. The molecule has 5 rings (SSSR count). The van der Waals surface area contributed by atoms with Crippen molar-refractivity contribution in [2.24, 2.45) is 0 Å². The average Bonchev–Trinajstić information content (AvgIpc) is 3.58. The van der Waals surface area contributed by atoms with Crippen LogP contribution in [-0.4, -0.2) is 80.9 Å². The predicted octanol–water partition coefficient (Wildman–Crippen LogP) is 5.55. The summed E-state index contributed by atoms with van der Waals surface area (Å²) in [6, 6.07) is 14.2. The molecule has 2 aliphatic heterocycles. The van der Waals surface area contributed by atoms with Crippen molar-refractivity contribution in [2.75, 3.05) is 39.8 Å². The Hall–Kier alpha value is -2.26. The van der Waals surface area contributed by atoms with Crippen LogP contribution >= 0.6 is 27.5 Å². The third-order valence-corrected chi connectivity index (χ3v) is 8.99. The van der Waals surface area contributed by atoms with Crippen LogP contribution in [0.4, 0.5) is 0 Å². The first kappa shape index (κ1) is 28.3. The van der Waals surface area contributed by atoms with Crippen LogP contribution in [-0.2, 0) is 17.6 Å². The standard InChI is InChI=1S/C30H38BrClN6O/c1-30(2)21-36(16-15-35(30)3)14-12-26-20-38(34-33-26)28-8-5-4-7-22(28)10-11-29(39)37-13-6-9-27(37)23-17-24(31)19-25(32)18-23/h4-5,7-8,17-20,27H,6,9-16,21H2,1-3H3. The zero-order valence-electron chi connectivity index (χ0n) is 23.1. The number of likely N-dealkylation sites (tertiary alicyclic amines) is 1. The number of para-hydroxylation sites is 1. The Bertz CT molecular complexity index is 1290. The van der Waals surface area contributed by atoms with E-state index in [4.69, 9.17) is 11.6 Å². The van der Waals surface area contributed by atoms with Gasteiger partial charge in [-0.2, -0.15) is 0 Å². The molecule has 1 aromatic heterocycles. The molecule has 0 aliphatic carbocycles. The number of hydrogen-bond acceptors (Lipinski definition) is 5. The van der Waals surface area contributed by atoms with Crippen LogP contribution in [0.15, 0.2) is 53.1 Å². The number of likely N-dealkylation sites (N-methyl/N-ethyl adjacent to an activating group) is 1. The van der Waals surface area contributed by atoms with Crippen molar-refractivity contribution in [3.63, 3.8) is 0 Å². The third kappa shape index (κ3) is 6.73. The van der Waals surface area contributed by atoms with Gasteiger partial charge in [0, 0.05) is 60.6 Å². The summed E-state index contributed by atoms with van der Waals surface area (Å²) in [6.45, 7) is 9.59. The average molecular weight is 614 g/mol. The molecular weight excluding hydrogens is 576 g/mol. The molecule has 2 fully saturated rings. The monoisotopic (exact) mass is 612 g/mol. The fourth-order valence-electron chi connectivity index (χ4n) is 5.85. The lowest BCUT2D eigenvalue weighted by molar-refractivity contribution is -0.132. The lowest BCUT2D eigenvalue weighted by atomic mass is 9.99. The van der Waals surface area contributed by atoms with E-state index >= 15 is 0 Å². The molecule has 2 saturated heterocycles. The molecule has 2 aromatic carbocycles. The van der Waals surface area contributed by atoms with Gasteiger partial charge in [-0.25, -0.2) is 4.68 Å². The van der Waals surface area contributed by atoms with Crippen molar-refractivity contribution in [1.82, 2.24) is 29.7 Å². The number of halogens is 2. The number of carbonyl (C=O) groups is 1. The molecule has 3 heterocycles. The fourth-order valence-corrected chi connectivity index (χ4v) is 6.73. The minimum absolute atomic E-state index is 0.0755. The lowest BCUT2D eigenvalue weighted by Crippen LogP contribution is -2.57. The van der Waals surface area contributed by atoms with E-state index in [1.165, 1.54) is 0 Å². The van der Waals surface area contributed by atoms with E-state index in [0.29, 0.717) is 17.9 Å². The van der Waals surface area contributed by atoms with Gasteiger partial charge in [-0.15, -0.1) is 5.10 Å². The molecule has 0 N–H and O–H groups in total. The van der Waals surface area contributed by atoms with E-state index in [2.05, 4.69) is 75.1 Å². The molecule has 0 radical (unpaired) electrons. The molecule has 9 heteroatoms. The molecular formula is C30H38BrClN6O. The van der Waals surface area contributed by atoms with E-state index in [9.17, 15) is 4.79 Å². The second-order valence-electron chi connectivity index (χ2n) is 11.5. The molecule has 3 aromatic rings. The van der Waals surface area contributed by atoms with Gasteiger partial charge in [0.05, 0.1) is 23.6 Å². The summed E-state index contributed by atoms with van der Waals surface area (Å²) in [4.78, 5) is 20.3. The Morgan fingerprint density at radius 1 is 1.13 bits per heavy atom. The van der Waals surface area contributed by atoms with E-state index in [-0.39, 0.29) is 17.5 Å². The van der Waals surface area contributed by atoms with Gasteiger partial charge in [0.25, 0.3) is 0 Å². The molecule has 39 heavy (non-hydrogen) atoms. The van der Waals surface area contributed by atoms with Crippen molar-refractivity contribution < 1.29 is 4.79 Å². The van der Waals surface area contributed by atoms with Crippen LogP contribution in [0.2, 0.25) is 5.02 Å². The van der Waals surface area contributed by atoms with Crippen LogP contribution in [0.3, 0.4) is 0 Å². The van der Waals surface area contributed by atoms with E-state index < -0.39 is 0 Å². The normalized spacial score (nSPS) is 20.0. The summed E-state index contributed by atoms with van der Waals surface area (Å²) in [7, 11) is 2.20. The van der Waals surface area contributed by atoms with Gasteiger partial charge in [0.15, 0.2) is 0 Å². The molecule has 208 valence electrons. The Balaban J connectivity index is 1.21. The van der Waals surface area contributed by atoms with E-state index in [0.717, 1.165) is 79.0 Å². The summed E-state index contributed by atoms with van der Waals surface area (Å²) in [6.07, 6.45) is 5.98. The minimum atomic E-state index is 0.0755. The summed E-state index contributed by atoms with van der Waals surface area (Å²) >= 11 is 9.84. The zero-order chi connectivity index (χ0) is 27.6. The molecule has 0 saturated carbocycles. The van der Waals surface area contributed by atoms with Crippen molar-refractivity contribution in [3.05, 3.63) is 75.0 Å². The van der Waals surface area contributed by atoms with Gasteiger partial charge < -0.3 is 4.90 Å². The highest BCUT2D eigenvalue weighted by molar-refractivity contribution is 9.10. The Kier molecular flexibility index (Phi) is 8.76. The summed E-state index contributed by atoms with van der Waals surface area (Å²) in [5.41, 5.74) is 4.36. The number of aromatic nitrogens is 3.